The number of aromatic nitrogens is 1. The molecule has 70 valence electrons. The highest BCUT2D eigenvalue weighted by molar-refractivity contribution is 5.13. The molecule has 0 bridgehead atoms. The van der Waals surface area contributed by atoms with E-state index in [9.17, 15) is 5.11 Å². The van der Waals surface area contributed by atoms with Gasteiger partial charge in [-0.3, -0.25) is 4.98 Å². The van der Waals surface area contributed by atoms with Gasteiger partial charge in [0.25, 0.3) is 0 Å². The first-order valence-corrected chi connectivity index (χ1v) is 4.41. The fraction of sp³-hybridized carbons (Fsp3) is 0.364. The van der Waals surface area contributed by atoms with Crippen molar-refractivity contribution in [3.05, 3.63) is 41.7 Å². The van der Waals surface area contributed by atoms with Crippen LogP contribution in [0.15, 0.2) is 36.2 Å². The number of hydrogen-bond donors (Lipinski definition) is 1. The zero-order valence-electron chi connectivity index (χ0n) is 8.07. The second-order valence-electron chi connectivity index (χ2n) is 3.32. The summed E-state index contributed by atoms with van der Waals surface area (Å²) in [5.74, 6) is 0. The first kappa shape index (κ1) is 9.93. The summed E-state index contributed by atoms with van der Waals surface area (Å²) in [5, 5.41) is 9.68. The number of aliphatic hydroxyl groups excluding tert-OH is 1. The van der Waals surface area contributed by atoms with Crippen molar-refractivity contribution >= 4 is 0 Å². The van der Waals surface area contributed by atoms with Crippen LogP contribution in [-0.4, -0.2) is 10.1 Å². The first-order chi connectivity index (χ1) is 6.20. The van der Waals surface area contributed by atoms with E-state index in [0.717, 1.165) is 5.56 Å². The van der Waals surface area contributed by atoms with Crippen molar-refractivity contribution in [2.24, 2.45) is 0 Å². The molecular weight excluding hydrogens is 162 g/mol. The Hall–Kier alpha value is -1.15. The Morgan fingerprint density at radius 1 is 1.62 bits per heavy atom. The quantitative estimate of drug-likeness (QED) is 0.719. The van der Waals surface area contributed by atoms with Crippen molar-refractivity contribution in [1.82, 2.24) is 4.98 Å². The summed E-state index contributed by atoms with van der Waals surface area (Å²) in [6, 6.07) is 3.72. The molecule has 1 aromatic heterocycles. The monoisotopic (exact) mass is 177 g/mol. The highest BCUT2D eigenvalue weighted by Crippen LogP contribution is 2.15. The fourth-order valence-corrected chi connectivity index (χ4v) is 1.06. The summed E-state index contributed by atoms with van der Waals surface area (Å²) in [4.78, 5) is 3.95. The Kier molecular flexibility index (Phi) is 3.65. The smallest absolute Gasteiger partial charge is 0.0839 e. The summed E-state index contributed by atoms with van der Waals surface area (Å²) in [7, 11) is 0. The SMILES string of the molecule is CC(C)=CC[C@@H](O)c1cccnc1. The van der Waals surface area contributed by atoms with E-state index in [1.165, 1.54) is 5.57 Å². The van der Waals surface area contributed by atoms with Crippen molar-refractivity contribution in [2.45, 2.75) is 26.4 Å². The maximum absolute atomic E-state index is 9.68. The molecule has 0 aliphatic carbocycles. The molecule has 13 heavy (non-hydrogen) atoms. The molecular formula is C11H15NO. The molecule has 1 aromatic rings. The number of hydrogen-bond acceptors (Lipinski definition) is 2. The van der Waals surface area contributed by atoms with Crippen LogP contribution in [-0.2, 0) is 0 Å². The van der Waals surface area contributed by atoms with Crippen LogP contribution in [0, 0.1) is 0 Å². The standard InChI is InChI=1S/C11H15NO/c1-9(2)5-6-11(13)10-4-3-7-12-8-10/h3-5,7-8,11,13H,6H2,1-2H3/t11-/m1/s1. The maximum atomic E-state index is 9.68. The molecule has 1 rings (SSSR count). The Bertz CT molecular complexity index is 275. The van der Waals surface area contributed by atoms with Crippen LogP contribution in [0.3, 0.4) is 0 Å². The lowest BCUT2D eigenvalue weighted by Crippen LogP contribution is -1.95. The zero-order chi connectivity index (χ0) is 9.68. The van der Waals surface area contributed by atoms with Crippen LogP contribution in [0.25, 0.3) is 0 Å². The second-order valence-corrected chi connectivity index (χ2v) is 3.32. The number of aliphatic hydroxyl groups is 1. The number of pyridine rings is 1. The summed E-state index contributed by atoms with van der Waals surface area (Å²) in [6.45, 7) is 4.05. The first-order valence-electron chi connectivity index (χ1n) is 4.41. The van der Waals surface area contributed by atoms with Gasteiger partial charge in [0.05, 0.1) is 6.10 Å². The van der Waals surface area contributed by atoms with Gasteiger partial charge in [-0.15, -0.1) is 0 Å². The molecule has 0 fully saturated rings. The molecule has 0 saturated heterocycles. The Labute approximate surface area is 78.9 Å². The largest absolute Gasteiger partial charge is 0.388 e. The molecule has 2 nitrogen and oxygen atoms in total. The van der Waals surface area contributed by atoms with Crippen molar-refractivity contribution in [2.75, 3.05) is 0 Å². The second kappa shape index (κ2) is 4.77. The van der Waals surface area contributed by atoms with E-state index >= 15 is 0 Å². The van der Waals surface area contributed by atoms with Gasteiger partial charge in [0.1, 0.15) is 0 Å². The minimum Gasteiger partial charge on any atom is -0.388 e. The van der Waals surface area contributed by atoms with Crippen molar-refractivity contribution in [3.8, 4) is 0 Å². The fourth-order valence-electron chi connectivity index (χ4n) is 1.06. The van der Waals surface area contributed by atoms with Crippen LogP contribution in [0.1, 0.15) is 31.9 Å². The molecule has 0 saturated carbocycles. The van der Waals surface area contributed by atoms with Crippen LogP contribution >= 0.6 is 0 Å². The summed E-state index contributed by atoms with van der Waals surface area (Å²) in [6.07, 6.45) is 5.66. The minimum absolute atomic E-state index is 0.427. The van der Waals surface area contributed by atoms with E-state index < -0.39 is 6.10 Å². The van der Waals surface area contributed by atoms with Gasteiger partial charge in [0, 0.05) is 12.4 Å². The third-order valence-corrected chi connectivity index (χ3v) is 1.82. The molecule has 1 N–H and O–H groups in total. The number of rotatable bonds is 3. The van der Waals surface area contributed by atoms with Crippen molar-refractivity contribution < 1.29 is 5.11 Å². The topological polar surface area (TPSA) is 33.1 Å². The van der Waals surface area contributed by atoms with E-state index in [2.05, 4.69) is 4.98 Å². The normalized spacial score (nSPS) is 12.2. The lowest BCUT2D eigenvalue weighted by molar-refractivity contribution is 0.181. The minimum atomic E-state index is -0.427. The predicted octanol–water partition coefficient (Wildman–Crippen LogP) is 2.47. The average molecular weight is 177 g/mol. The van der Waals surface area contributed by atoms with Crippen molar-refractivity contribution in [1.29, 1.82) is 0 Å². The van der Waals surface area contributed by atoms with Gasteiger partial charge in [-0.1, -0.05) is 17.7 Å². The molecule has 0 aromatic carbocycles. The molecule has 0 unspecified atom stereocenters. The molecule has 0 aliphatic heterocycles. The van der Waals surface area contributed by atoms with Gasteiger partial charge in [0.15, 0.2) is 0 Å². The number of nitrogens with zero attached hydrogens (tertiary/aromatic N) is 1. The molecule has 2 heteroatoms. The lowest BCUT2D eigenvalue weighted by Gasteiger charge is -2.07. The maximum Gasteiger partial charge on any atom is 0.0839 e. The highest BCUT2D eigenvalue weighted by atomic mass is 16.3. The predicted molar refractivity (Wildman–Crippen MR) is 53.2 cm³/mol. The molecule has 0 amide bonds. The van der Waals surface area contributed by atoms with Gasteiger partial charge in [-0.2, -0.15) is 0 Å². The third kappa shape index (κ3) is 3.38. The van der Waals surface area contributed by atoms with Crippen molar-refractivity contribution in [3.63, 3.8) is 0 Å². The van der Waals surface area contributed by atoms with E-state index in [-0.39, 0.29) is 0 Å². The van der Waals surface area contributed by atoms with Crippen LogP contribution in [0.5, 0.6) is 0 Å². The Morgan fingerprint density at radius 2 is 2.38 bits per heavy atom. The molecule has 0 radical (unpaired) electrons. The molecule has 1 atom stereocenters. The third-order valence-electron chi connectivity index (χ3n) is 1.82. The van der Waals surface area contributed by atoms with Crippen LogP contribution in [0.2, 0.25) is 0 Å². The Morgan fingerprint density at radius 3 is 2.92 bits per heavy atom. The van der Waals surface area contributed by atoms with Gasteiger partial charge >= 0.3 is 0 Å². The summed E-state index contributed by atoms with van der Waals surface area (Å²) in [5.41, 5.74) is 2.10. The van der Waals surface area contributed by atoms with Gasteiger partial charge in [-0.05, 0) is 31.9 Å². The van der Waals surface area contributed by atoms with E-state index in [1.807, 2.05) is 32.1 Å². The van der Waals surface area contributed by atoms with Gasteiger partial charge in [-0.25, -0.2) is 0 Å². The zero-order valence-corrected chi connectivity index (χ0v) is 8.07. The van der Waals surface area contributed by atoms with E-state index in [4.69, 9.17) is 0 Å². The van der Waals surface area contributed by atoms with E-state index in [1.54, 1.807) is 12.4 Å². The molecule has 0 spiro atoms. The lowest BCUT2D eigenvalue weighted by atomic mass is 10.1. The van der Waals surface area contributed by atoms with Crippen LogP contribution < -0.4 is 0 Å². The summed E-state index contributed by atoms with van der Waals surface area (Å²) < 4.78 is 0. The number of allylic oxidation sites excluding steroid dienone is 1. The summed E-state index contributed by atoms with van der Waals surface area (Å²) >= 11 is 0. The van der Waals surface area contributed by atoms with Gasteiger partial charge < -0.3 is 5.11 Å². The van der Waals surface area contributed by atoms with E-state index in [0.29, 0.717) is 6.42 Å². The average Bonchev–Trinajstić information content (AvgIpc) is 2.15. The molecule has 0 aliphatic rings. The molecule has 1 heterocycles. The Balaban J connectivity index is 2.59. The highest BCUT2D eigenvalue weighted by Gasteiger charge is 2.04. The van der Waals surface area contributed by atoms with Crippen LogP contribution in [0.4, 0.5) is 0 Å². The van der Waals surface area contributed by atoms with Gasteiger partial charge in [0.2, 0.25) is 0 Å².